The molecule has 3 nitrogen and oxygen atoms in total. The second-order valence-corrected chi connectivity index (χ2v) is 4.41. The third-order valence-electron chi connectivity index (χ3n) is 3.27. The number of halogens is 1. The van der Waals surface area contributed by atoms with Crippen LogP contribution in [0.1, 0.15) is 36.0 Å². The fourth-order valence-corrected chi connectivity index (χ4v) is 2.24. The van der Waals surface area contributed by atoms with Crippen molar-refractivity contribution in [3.8, 4) is 5.75 Å². The van der Waals surface area contributed by atoms with Gasteiger partial charge in [-0.1, -0.05) is 0 Å². The Bertz CT molecular complexity index is 436. The minimum atomic E-state index is -1.38. The summed E-state index contributed by atoms with van der Waals surface area (Å²) in [5, 5.41) is 10.1. The van der Waals surface area contributed by atoms with Crippen LogP contribution in [0.3, 0.4) is 0 Å². The number of hydrogen-bond donors (Lipinski definition) is 1. The molecule has 1 N–H and O–H groups in total. The van der Waals surface area contributed by atoms with Crippen LogP contribution >= 0.6 is 0 Å². The average molecular weight is 238 g/mol. The van der Waals surface area contributed by atoms with Crippen molar-refractivity contribution in [3.05, 3.63) is 29.6 Å². The van der Waals surface area contributed by atoms with Gasteiger partial charge in [0.05, 0.1) is 12.7 Å². The first-order valence-electron chi connectivity index (χ1n) is 5.67. The molecule has 0 heterocycles. The lowest BCUT2D eigenvalue weighted by atomic mass is 9.91. The van der Waals surface area contributed by atoms with E-state index in [1.54, 1.807) is 0 Å². The number of carbonyl (C=O) groups excluding carboxylic acids is 1. The number of ether oxygens (including phenoxy) is 1. The third-order valence-corrected chi connectivity index (χ3v) is 3.27. The molecular weight excluding hydrogens is 223 g/mol. The minimum Gasteiger partial charge on any atom is -0.497 e. The molecule has 1 aliphatic rings. The summed E-state index contributed by atoms with van der Waals surface area (Å²) in [5.41, 5.74) is -1.44. The van der Waals surface area contributed by atoms with Crippen LogP contribution in [0.4, 0.5) is 4.39 Å². The molecule has 92 valence electrons. The zero-order chi connectivity index (χ0) is 12.5. The molecule has 1 aliphatic carbocycles. The van der Waals surface area contributed by atoms with Gasteiger partial charge in [0.2, 0.25) is 0 Å². The topological polar surface area (TPSA) is 46.5 Å². The Morgan fingerprint density at radius 2 is 2.06 bits per heavy atom. The summed E-state index contributed by atoms with van der Waals surface area (Å²) in [6, 6.07) is 4.05. The summed E-state index contributed by atoms with van der Waals surface area (Å²) in [5.74, 6) is -0.803. The van der Waals surface area contributed by atoms with Gasteiger partial charge in [0.25, 0.3) is 0 Å². The maximum atomic E-state index is 13.7. The van der Waals surface area contributed by atoms with Gasteiger partial charge >= 0.3 is 0 Å². The predicted octanol–water partition coefficient (Wildman–Crippen LogP) is 2.32. The number of methoxy groups -OCH3 is 1. The number of benzene rings is 1. The summed E-state index contributed by atoms with van der Waals surface area (Å²) in [6.07, 6.45) is 2.44. The summed E-state index contributed by atoms with van der Waals surface area (Å²) in [7, 11) is 1.43. The first-order chi connectivity index (χ1) is 8.07. The van der Waals surface area contributed by atoms with E-state index in [1.807, 2.05) is 0 Å². The molecule has 1 saturated carbocycles. The van der Waals surface area contributed by atoms with E-state index in [0.717, 1.165) is 18.9 Å². The normalized spacial score (nSPS) is 18.1. The minimum absolute atomic E-state index is 0.0600. The molecule has 0 aromatic heterocycles. The Kier molecular flexibility index (Phi) is 3.15. The molecule has 0 bridgehead atoms. The predicted molar refractivity (Wildman–Crippen MR) is 60.7 cm³/mol. The Hall–Kier alpha value is -1.42. The molecule has 0 spiro atoms. The molecule has 0 radical (unpaired) electrons. The maximum absolute atomic E-state index is 13.7. The van der Waals surface area contributed by atoms with Crippen LogP contribution in [0.5, 0.6) is 5.75 Å². The number of ketones is 1. The average Bonchev–Trinajstić information content (AvgIpc) is 2.76. The molecule has 1 aromatic carbocycles. The van der Waals surface area contributed by atoms with Crippen molar-refractivity contribution in [1.29, 1.82) is 0 Å². The molecule has 1 fully saturated rings. The SMILES string of the molecule is COc1ccc(C(=O)C2(O)CCCC2)c(F)c1. The van der Waals surface area contributed by atoms with Crippen LogP contribution in [-0.4, -0.2) is 23.6 Å². The highest BCUT2D eigenvalue weighted by Gasteiger charge is 2.40. The molecule has 0 amide bonds. The molecular formula is C13H15FO3. The summed E-state index contributed by atoms with van der Waals surface area (Å²) >= 11 is 0. The van der Waals surface area contributed by atoms with Gasteiger partial charge < -0.3 is 9.84 Å². The van der Waals surface area contributed by atoms with Crippen LogP contribution < -0.4 is 4.74 Å². The highest BCUT2D eigenvalue weighted by Crippen LogP contribution is 2.33. The second-order valence-electron chi connectivity index (χ2n) is 4.41. The number of carbonyl (C=O) groups is 1. The molecule has 0 unspecified atom stereocenters. The Labute approximate surface area is 99.2 Å². The van der Waals surface area contributed by atoms with Crippen LogP contribution in [0, 0.1) is 5.82 Å². The van der Waals surface area contributed by atoms with E-state index in [1.165, 1.54) is 19.2 Å². The Morgan fingerprint density at radius 3 is 2.59 bits per heavy atom. The van der Waals surface area contributed by atoms with E-state index < -0.39 is 17.2 Å². The molecule has 0 aliphatic heterocycles. The van der Waals surface area contributed by atoms with Crippen molar-refractivity contribution in [2.75, 3.05) is 7.11 Å². The quantitative estimate of drug-likeness (QED) is 0.822. The Balaban J connectivity index is 2.31. The lowest BCUT2D eigenvalue weighted by Crippen LogP contribution is -2.35. The van der Waals surface area contributed by atoms with E-state index >= 15 is 0 Å². The highest BCUT2D eigenvalue weighted by molar-refractivity contribution is 6.02. The largest absolute Gasteiger partial charge is 0.497 e. The second kappa shape index (κ2) is 4.45. The van der Waals surface area contributed by atoms with Crippen molar-refractivity contribution < 1.29 is 19.0 Å². The fraction of sp³-hybridized carbons (Fsp3) is 0.462. The zero-order valence-electron chi connectivity index (χ0n) is 9.70. The lowest BCUT2D eigenvalue weighted by molar-refractivity contribution is 0.0349. The first-order valence-corrected chi connectivity index (χ1v) is 5.67. The summed E-state index contributed by atoms with van der Waals surface area (Å²) in [4.78, 5) is 12.1. The van der Waals surface area contributed by atoms with Crippen molar-refractivity contribution in [2.24, 2.45) is 0 Å². The van der Waals surface area contributed by atoms with E-state index in [4.69, 9.17) is 4.74 Å². The monoisotopic (exact) mass is 238 g/mol. The van der Waals surface area contributed by atoms with Gasteiger partial charge in [-0.25, -0.2) is 4.39 Å². The van der Waals surface area contributed by atoms with Crippen LogP contribution in [0.2, 0.25) is 0 Å². The van der Waals surface area contributed by atoms with Gasteiger partial charge in [0.15, 0.2) is 5.78 Å². The van der Waals surface area contributed by atoms with Gasteiger partial charge in [0, 0.05) is 6.07 Å². The lowest BCUT2D eigenvalue weighted by Gasteiger charge is -2.20. The van der Waals surface area contributed by atoms with Gasteiger partial charge in [0.1, 0.15) is 17.2 Å². The molecule has 0 atom stereocenters. The molecule has 17 heavy (non-hydrogen) atoms. The number of hydrogen-bond acceptors (Lipinski definition) is 3. The van der Waals surface area contributed by atoms with Gasteiger partial charge in [-0.2, -0.15) is 0 Å². The fourth-order valence-electron chi connectivity index (χ4n) is 2.24. The summed E-state index contributed by atoms with van der Waals surface area (Å²) < 4.78 is 18.6. The van der Waals surface area contributed by atoms with Crippen molar-refractivity contribution in [3.63, 3.8) is 0 Å². The van der Waals surface area contributed by atoms with E-state index in [0.29, 0.717) is 18.6 Å². The van der Waals surface area contributed by atoms with Gasteiger partial charge in [-0.3, -0.25) is 4.79 Å². The van der Waals surface area contributed by atoms with Gasteiger partial charge in [-0.05, 0) is 37.8 Å². The number of Topliss-reactive ketones (excluding diaryl/α,β-unsaturated/α-hetero) is 1. The number of aliphatic hydroxyl groups is 1. The molecule has 1 aromatic rings. The maximum Gasteiger partial charge on any atom is 0.197 e. The summed E-state index contributed by atoms with van der Waals surface area (Å²) in [6.45, 7) is 0. The van der Waals surface area contributed by atoms with E-state index in [-0.39, 0.29) is 5.56 Å². The van der Waals surface area contributed by atoms with Crippen LogP contribution in [-0.2, 0) is 0 Å². The smallest absolute Gasteiger partial charge is 0.197 e. The number of rotatable bonds is 3. The van der Waals surface area contributed by atoms with E-state index in [9.17, 15) is 14.3 Å². The Morgan fingerprint density at radius 1 is 1.41 bits per heavy atom. The van der Waals surface area contributed by atoms with Crippen molar-refractivity contribution >= 4 is 5.78 Å². The highest BCUT2D eigenvalue weighted by atomic mass is 19.1. The molecule has 4 heteroatoms. The van der Waals surface area contributed by atoms with Gasteiger partial charge in [-0.15, -0.1) is 0 Å². The molecule has 2 rings (SSSR count). The molecule has 0 saturated heterocycles. The van der Waals surface area contributed by atoms with Crippen molar-refractivity contribution in [1.82, 2.24) is 0 Å². The van der Waals surface area contributed by atoms with Crippen LogP contribution in [0.25, 0.3) is 0 Å². The zero-order valence-corrected chi connectivity index (χ0v) is 9.70. The van der Waals surface area contributed by atoms with Crippen molar-refractivity contribution in [2.45, 2.75) is 31.3 Å². The standard InChI is InChI=1S/C13H15FO3/c1-17-9-4-5-10(11(14)8-9)12(15)13(16)6-2-3-7-13/h4-5,8,16H,2-3,6-7H2,1H3. The van der Waals surface area contributed by atoms with Crippen LogP contribution in [0.15, 0.2) is 18.2 Å². The first kappa shape index (κ1) is 12.0. The third kappa shape index (κ3) is 2.17. The van der Waals surface area contributed by atoms with E-state index in [2.05, 4.69) is 0 Å².